The molecule has 4 heterocycles. The molecule has 0 N–H and O–H groups in total. The second-order valence-electron chi connectivity index (χ2n) is 7.26. The molecular formula is C15H23ClO4. The predicted molar refractivity (Wildman–Crippen MR) is 72.7 cm³/mol. The van der Waals surface area contributed by atoms with E-state index in [4.69, 9.17) is 30.8 Å². The Labute approximate surface area is 125 Å². The zero-order valence-electron chi connectivity index (χ0n) is 12.3. The SMILES string of the molecule is C[C@@H]1CC[C@H]2[C@@H](C)C(Cl)O[C@@H]3O[C@]4(C)CC[C@@H]1C32OO4. The summed E-state index contributed by atoms with van der Waals surface area (Å²) in [5.74, 6) is 0.908. The lowest BCUT2D eigenvalue weighted by Gasteiger charge is -2.59. The fourth-order valence-corrected chi connectivity index (χ4v) is 5.13. The highest BCUT2D eigenvalue weighted by Crippen LogP contribution is 2.60. The summed E-state index contributed by atoms with van der Waals surface area (Å²) in [6.45, 7) is 6.40. The largest absolute Gasteiger partial charge is 0.330 e. The third-order valence-corrected chi connectivity index (χ3v) is 6.58. The molecule has 0 aromatic carbocycles. The van der Waals surface area contributed by atoms with Gasteiger partial charge in [-0.15, -0.1) is 0 Å². The number of hydrogen-bond donors (Lipinski definition) is 0. The smallest absolute Gasteiger partial charge is 0.201 e. The molecule has 20 heavy (non-hydrogen) atoms. The molecule has 114 valence electrons. The van der Waals surface area contributed by atoms with Crippen LogP contribution in [0.5, 0.6) is 0 Å². The van der Waals surface area contributed by atoms with E-state index in [1.54, 1.807) is 0 Å². The second-order valence-corrected chi connectivity index (χ2v) is 7.69. The molecular weight excluding hydrogens is 280 g/mol. The molecule has 2 unspecified atom stereocenters. The minimum Gasteiger partial charge on any atom is -0.330 e. The van der Waals surface area contributed by atoms with E-state index in [1.807, 2.05) is 6.92 Å². The molecule has 5 rings (SSSR count). The normalized spacial score (nSPS) is 61.8. The van der Waals surface area contributed by atoms with E-state index in [0.29, 0.717) is 17.8 Å². The van der Waals surface area contributed by atoms with Crippen molar-refractivity contribution in [3.8, 4) is 0 Å². The van der Waals surface area contributed by atoms with E-state index in [1.165, 1.54) is 6.42 Å². The Kier molecular flexibility index (Phi) is 2.98. The van der Waals surface area contributed by atoms with E-state index in [2.05, 4.69) is 13.8 Å². The Balaban J connectivity index is 1.82. The summed E-state index contributed by atoms with van der Waals surface area (Å²) >= 11 is 6.40. The van der Waals surface area contributed by atoms with Gasteiger partial charge in [0.25, 0.3) is 0 Å². The first-order chi connectivity index (χ1) is 9.46. The van der Waals surface area contributed by atoms with Gasteiger partial charge in [0.1, 0.15) is 5.56 Å². The maximum atomic E-state index is 6.40. The standard InChI is InChI=1S/C15H23ClO4/c1-8-4-5-11-9(2)12(16)17-13-15(11)10(8)6-7-14(3,18-13)19-20-15/h8-13H,4-7H2,1-3H3/t8-,9-,10+,11+,12?,13-,14+,15?/m1/s1. The Morgan fingerprint density at radius 2 is 1.85 bits per heavy atom. The van der Waals surface area contributed by atoms with Gasteiger partial charge in [0, 0.05) is 18.3 Å². The molecule has 4 saturated heterocycles. The average molecular weight is 303 g/mol. The van der Waals surface area contributed by atoms with Gasteiger partial charge in [-0.1, -0.05) is 25.4 Å². The molecule has 0 amide bonds. The van der Waals surface area contributed by atoms with Crippen molar-refractivity contribution in [1.82, 2.24) is 0 Å². The lowest BCUT2D eigenvalue weighted by atomic mass is 9.58. The van der Waals surface area contributed by atoms with Crippen molar-refractivity contribution in [3.63, 3.8) is 0 Å². The molecule has 4 aliphatic heterocycles. The van der Waals surface area contributed by atoms with Gasteiger partial charge in [0.05, 0.1) is 0 Å². The minimum absolute atomic E-state index is 0.248. The number of ether oxygens (including phenoxy) is 2. The topological polar surface area (TPSA) is 36.9 Å². The van der Waals surface area contributed by atoms with Gasteiger partial charge in [-0.3, -0.25) is 0 Å². The number of fused-ring (bicyclic) bond motifs is 2. The van der Waals surface area contributed by atoms with Crippen molar-refractivity contribution in [2.75, 3.05) is 0 Å². The summed E-state index contributed by atoms with van der Waals surface area (Å²) in [6.07, 6.45) is 3.83. The summed E-state index contributed by atoms with van der Waals surface area (Å²) in [5, 5.41) is 0. The molecule has 4 nitrogen and oxygen atoms in total. The number of hydrogen-bond acceptors (Lipinski definition) is 4. The van der Waals surface area contributed by atoms with Crippen molar-refractivity contribution in [2.24, 2.45) is 23.7 Å². The molecule has 0 aromatic rings. The second kappa shape index (κ2) is 4.32. The number of halogens is 1. The zero-order valence-corrected chi connectivity index (χ0v) is 13.1. The van der Waals surface area contributed by atoms with Crippen LogP contribution >= 0.6 is 11.6 Å². The number of alkyl halides is 1. The van der Waals surface area contributed by atoms with Crippen LogP contribution in [0.4, 0.5) is 0 Å². The van der Waals surface area contributed by atoms with E-state index in [9.17, 15) is 0 Å². The van der Waals surface area contributed by atoms with Crippen LogP contribution in [0.15, 0.2) is 0 Å². The van der Waals surface area contributed by atoms with Gasteiger partial charge < -0.3 is 9.47 Å². The van der Waals surface area contributed by atoms with E-state index in [-0.39, 0.29) is 11.5 Å². The van der Waals surface area contributed by atoms with Gasteiger partial charge in [-0.05, 0) is 38.0 Å². The Bertz CT molecular complexity index is 415. The first-order valence-corrected chi connectivity index (χ1v) is 8.24. The third kappa shape index (κ3) is 1.63. The summed E-state index contributed by atoms with van der Waals surface area (Å²) < 4.78 is 12.1. The van der Waals surface area contributed by atoms with Crippen molar-refractivity contribution in [3.05, 3.63) is 0 Å². The Hall–Kier alpha value is 0.130. The summed E-state index contributed by atoms with van der Waals surface area (Å²) in [7, 11) is 0. The quantitative estimate of drug-likeness (QED) is 0.507. The molecule has 0 radical (unpaired) electrons. The van der Waals surface area contributed by atoms with Crippen LogP contribution in [0, 0.1) is 23.7 Å². The van der Waals surface area contributed by atoms with Crippen molar-refractivity contribution < 1.29 is 19.2 Å². The van der Waals surface area contributed by atoms with Crippen molar-refractivity contribution >= 4 is 11.6 Å². The third-order valence-electron chi connectivity index (χ3n) is 6.08. The Morgan fingerprint density at radius 1 is 1.05 bits per heavy atom. The molecule has 5 heteroatoms. The van der Waals surface area contributed by atoms with E-state index >= 15 is 0 Å². The van der Waals surface area contributed by atoms with E-state index < -0.39 is 17.7 Å². The van der Waals surface area contributed by atoms with Gasteiger partial charge in [-0.2, -0.15) is 0 Å². The molecule has 5 fully saturated rings. The average Bonchev–Trinajstić information content (AvgIpc) is 2.63. The van der Waals surface area contributed by atoms with Gasteiger partial charge in [0.15, 0.2) is 11.9 Å². The van der Waals surface area contributed by atoms with Gasteiger partial charge in [0.2, 0.25) is 5.79 Å². The summed E-state index contributed by atoms with van der Waals surface area (Å²) in [4.78, 5) is 11.7. The Morgan fingerprint density at radius 3 is 2.65 bits per heavy atom. The molecule has 5 aliphatic rings. The highest BCUT2D eigenvalue weighted by Gasteiger charge is 2.69. The number of rotatable bonds is 0. The van der Waals surface area contributed by atoms with Crippen molar-refractivity contribution in [1.29, 1.82) is 0 Å². The van der Waals surface area contributed by atoms with Crippen LogP contribution in [0.3, 0.4) is 0 Å². The first kappa shape index (κ1) is 13.8. The molecule has 8 atom stereocenters. The van der Waals surface area contributed by atoms with Crippen LogP contribution in [-0.2, 0) is 19.2 Å². The monoisotopic (exact) mass is 302 g/mol. The van der Waals surface area contributed by atoms with E-state index in [0.717, 1.165) is 19.3 Å². The maximum Gasteiger partial charge on any atom is 0.201 e. The van der Waals surface area contributed by atoms with Crippen LogP contribution in [0.25, 0.3) is 0 Å². The van der Waals surface area contributed by atoms with Gasteiger partial charge in [-0.25, -0.2) is 9.78 Å². The molecule has 1 aliphatic carbocycles. The minimum atomic E-state index is -0.700. The highest BCUT2D eigenvalue weighted by molar-refractivity contribution is 6.19. The molecule has 0 aromatic heterocycles. The van der Waals surface area contributed by atoms with Crippen LogP contribution in [0.1, 0.15) is 46.5 Å². The molecule has 2 bridgehead atoms. The van der Waals surface area contributed by atoms with Crippen molar-refractivity contribution in [2.45, 2.75) is 69.7 Å². The summed E-state index contributed by atoms with van der Waals surface area (Å²) in [5.41, 5.74) is -0.783. The maximum absolute atomic E-state index is 6.40. The molecule has 1 spiro atoms. The lowest BCUT2D eigenvalue weighted by Crippen LogP contribution is -2.69. The van der Waals surface area contributed by atoms with Gasteiger partial charge >= 0.3 is 0 Å². The lowest BCUT2D eigenvalue weighted by molar-refractivity contribution is -0.568. The first-order valence-electron chi connectivity index (χ1n) is 7.80. The van der Waals surface area contributed by atoms with Crippen LogP contribution in [0.2, 0.25) is 0 Å². The van der Waals surface area contributed by atoms with Crippen LogP contribution < -0.4 is 0 Å². The predicted octanol–water partition coefficient (Wildman–Crippen LogP) is 3.43. The zero-order chi connectivity index (χ0) is 14.1. The van der Waals surface area contributed by atoms with Crippen LogP contribution in [-0.4, -0.2) is 23.2 Å². The fraction of sp³-hybridized carbons (Fsp3) is 1.00. The molecule has 1 saturated carbocycles. The summed E-state index contributed by atoms with van der Waals surface area (Å²) in [6, 6.07) is 0. The highest BCUT2D eigenvalue weighted by atomic mass is 35.5. The fourth-order valence-electron chi connectivity index (χ4n) is 4.86.